The number of hydrogen-bond acceptors (Lipinski definition) is 0. The third-order valence-corrected chi connectivity index (χ3v) is 11.6. The van der Waals surface area contributed by atoms with Crippen LogP contribution in [0.1, 0.15) is 74.3 Å². The first kappa shape index (κ1) is 23.8. The normalized spacial score (nSPS) is 34.6. The summed E-state index contributed by atoms with van der Waals surface area (Å²) < 4.78 is 0. The van der Waals surface area contributed by atoms with Gasteiger partial charge in [0.2, 0.25) is 0 Å². The molecule has 4 saturated carbocycles. The van der Waals surface area contributed by atoms with Crippen LogP contribution in [-0.2, 0) is 12.8 Å². The minimum atomic E-state index is 0.390. The zero-order chi connectivity index (χ0) is 25.8. The largest absolute Gasteiger partial charge is 0.0989 e. The molecule has 5 aliphatic carbocycles. The van der Waals surface area contributed by atoms with Crippen LogP contribution >= 0.6 is 0 Å². The molecule has 7 rings (SSSR count). The Labute approximate surface area is 225 Å². The zero-order valence-corrected chi connectivity index (χ0v) is 23.7. The van der Waals surface area contributed by atoms with Crippen molar-refractivity contribution in [2.24, 2.45) is 46.8 Å². The topological polar surface area (TPSA) is 0 Å². The number of benzene rings is 2. The average Bonchev–Trinajstić information content (AvgIpc) is 3.33. The van der Waals surface area contributed by atoms with Gasteiger partial charge in [-0.15, -0.1) is 0 Å². The molecule has 2 aromatic carbocycles. The maximum atomic E-state index is 4.57. The molecule has 0 radical (unpaired) electrons. The molecule has 192 valence electrons. The summed E-state index contributed by atoms with van der Waals surface area (Å²) >= 11 is 0. The van der Waals surface area contributed by atoms with Gasteiger partial charge in [0.05, 0.1) is 0 Å². The second kappa shape index (κ2) is 8.08. The Morgan fingerprint density at radius 1 is 0.919 bits per heavy atom. The molecule has 2 bridgehead atoms. The van der Waals surface area contributed by atoms with E-state index in [1.165, 1.54) is 64.6 Å². The van der Waals surface area contributed by atoms with Gasteiger partial charge in [0.1, 0.15) is 0 Å². The first-order valence-electron chi connectivity index (χ1n) is 14.9. The van der Waals surface area contributed by atoms with Gasteiger partial charge in [0.25, 0.3) is 0 Å². The van der Waals surface area contributed by atoms with Crippen molar-refractivity contribution in [3.8, 4) is 11.1 Å². The lowest BCUT2D eigenvalue weighted by Crippen LogP contribution is -2.20. The van der Waals surface area contributed by atoms with Gasteiger partial charge in [-0.25, -0.2) is 0 Å². The highest BCUT2D eigenvalue weighted by molar-refractivity contribution is 5.80. The molecule has 0 amide bonds. The van der Waals surface area contributed by atoms with E-state index in [1.807, 2.05) is 0 Å². The van der Waals surface area contributed by atoms with E-state index in [1.54, 1.807) is 16.7 Å². The Bertz CT molecular complexity index is 1340. The molecule has 5 aliphatic rings. The fourth-order valence-corrected chi connectivity index (χ4v) is 9.91. The van der Waals surface area contributed by atoms with Gasteiger partial charge in [0.15, 0.2) is 0 Å². The summed E-state index contributed by atoms with van der Waals surface area (Å²) in [7, 11) is 0. The van der Waals surface area contributed by atoms with Gasteiger partial charge in [0, 0.05) is 5.92 Å². The van der Waals surface area contributed by atoms with Gasteiger partial charge in [-0.05, 0) is 127 Å². The van der Waals surface area contributed by atoms with Crippen molar-refractivity contribution in [3.63, 3.8) is 0 Å². The van der Waals surface area contributed by atoms with Crippen molar-refractivity contribution in [1.82, 2.24) is 0 Å². The lowest BCUT2D eigenvalue weighted by molar-refractivity contribution is 0.253. The molecule has 0 N–H and O–H groups in total. The Morgan fingerprint density at radius 3 is 2.38 bits per heavy atom. The molecule has 0 heterocycles. The van der Waals surface area contributed by atoms with E-state index in [-0.39, 0.29) is 0 Å². The lowest BCUT2D eigenvalue weighted by atomic mass is 9.76. The summed E-state index contributed by atoms with van der Waals surface area (Å²) in [5.41, 5.74) is 15.3. The van der Waals surface area contributed by atoms with Gasteiger partial charge in [-0.3, -0.25) is 0 Å². The number of hydrogen-bond donors (Lipinski definition) is 0. The molecule has 0 saturated heterocycles. The Hall–Kier alpha value is -2.34. The third-order valence-electron chi connectivity index (χ3n) is 11.6. The van der Waals surface area contributed by atoms with Crippen molar-refractivity contribution in [3.05, 3.63) is 88.0 Å². The summed E-state index contributed by atoms with van der Waals surface area (Å²) in [5, 5.41) is 0. The summed E-state index contributed by atoms with van der Waals surface area (Å²) in [4.78, 5) is 0. The minimum absolute atomic E-state index is 0.390. The minimum Gasteiger partial charge on any atom is -0.0989 e. The van der Waals surface area contributed by atoms with Crippen LogP contribution in [0, 0.1) is 60.7 Å². The second-order valence-corrected chi connectivity index (χ2v) is 14.3. The molecule has 0 spiro atoms. The van der Waals surface area contributed by atoms with Crippen molar-refractivity contribution in [1.29, 1.82) is 0 Å². The molecule has 6 atom stereocenters. The molecule has 3 unspecified atom stereocenters. The summed E-state index contributed by atoms with van der Waals surface area (Å²) in [6, 6.07) is 11.9. The van der Waals surface area contributed by atoms with Crippen molar-refractivity contribution >= 4 is 6.08 Å². The van der Waals surface area contributed by atoms with Crippen LogP contribution in [0.15, 0.2) is 60.2 Å². The molecule has 0 aromatic heterocycles. The van der Waals surface area contributed by atoms with Crippen molar-refractivity contribution in [2.75, 3.05) is 0 Å². The number of rotatable bonds is 5. The average molecular weight is 489 g/mol. The van der Waals surface area contributed by atoms with E-state index in [9.17, 15) is 0 Å². The number of aryl methyl sites for hydroxylation is 2. The quantitative estimate of drug-likeness (QED) is 0.368. The Balaban J connectivity index is 1.17. The van der Waals surface area contributed by atoms with Crippen molar-refractivity contribution in [2.45, 2.75) is 73.1 Å². The van der Waals surface area contributed by atoms with E-state index >= 15 is 0 Å². The predicted octanol–water partition coefficient (Wildman–Crippen LogP) is 9.54. The third kappa shape index (κ3) is 3.54. The molecule has 0 aliphatic heterocycles. The maximum Gasteiger partial charge on any atom is 0.00454 e. The monoisotopic (exact) mass is 488 g/mol. The summed E-state index contributed by atoms with van der Waals surface area (Å²) in [5.74, 6) is 5.52. The second-order valence-electron chi connectivity index (χ2n) is 14.3. The highest BCUT2D eigenvalue weighted by Gasteiger charge is 2.65. The molecule has 0 heteroatoms. The van der Waals surface area contributed by atoms with Crippen LogP contribution in [0.3, 0.4) is 0 Å². The van der Waals surface area contributed by atoms with E-state index in [0.29, 0.717) is 23.2 Å². The van der Waals surface area contributed by atoms with Crippen LogP contribution in [0.25, 0.3) is 17.2 Å². The highest BCUT2D eigenvalue weighted by Crippen LogP contribution is 2.72. The summed E-state index contributed by atoms with van der Waals surface area (Å²) in [6.45, 7) is 21.1. The standard InChI is InChI=1S/C37H44/c1-20-11-21(2)31(19-28-15-25-13-22(3)30(28)16-25)34(12-20)29-10-8-9-27-14-26(18-33(27)29)17-32-23(4)35-36(24(32)5)37(35,6)7/h8-12,14,22,25,28,30,32,35-36H,4-5,13,15-19H2,1-3,6-7H3/t22?,25-,28+,30+,32?,35?,36?/m1/s1. The fourth-order valence-electron chi connectivity index (χ4n) is 9.91. The van der Waals surface area contributed by atoms with E-state index in [4.69, 9.17) is 0 Å². The van der Waals surface area contributed by atoms with Crippen LogP contribution < -0.4 is 0 Å². The van der Waals surface area contributed by atoms with Gasteiger partial charge in [-0.2, -0.15) is 0 Å². The molecular weight excluding hydrogens is 444 g/mol. The first-order chi connectivity index (χ1) is 17.6. The fraction of sp³-hybridized carbons (Fsp3) is 0.514. The van der Waals surface area contributed by atoms with Crippen LogP contribution in [0.4, 0.5) is 0 Å². The van der Waals surface area contributed by atoms with Crippen LogP contribution in [0.5, 0.6) is 0 Å². The molecule has 37 heavy (non-hydrogen) atoms. The summed E-state index contributed by atoms with van der Waals surface area (Å²) in [6.07, 6.45) is 10.4. The first-order valence-corrected chi connectivity index (χ1v) is 14.9. The maximum absolute atomic E-state index is 4.57. The SMILES string of the molecule is C=C1C(CC2=Cc3cccc(-c4cc(C)cc(C)c4C[C@@H]4C[C@H]5CC(C)[C@@H]4C5)c3C2)C(=C)C2C1C2(C)C. The van der Waals surface area contributed by atoms with Crippen LogP contribution in [-0.4, -0.2) is 0 Å². The highest BCUT2D eigenvalue weighted by atomic mass is 14.7. The zero-order valence-electron chi connectivity index (χ0n) is 23.7. The molecular formula is C37H44. The Morgan fingerprint density at radius 2 is 1.68 bits per heavy atom. The van der Waals surface area contributed by atoms with Gasteiger partial charge < -0.3 is 0 Å². The van der Waals surface area contributed by atoms with Gasteiger partial charge in [-0.1, -0.05) is 92.6 Å². The molecule has 0 nitrogen and oxygen atoms in total. The van der Waals surface area contributed by atoms with Crippen LogP contribution in [0.2, 0.25) is 0 Å². The number of allylic oxidation sites excluding steroid dienone is 3. The molecule has 2 aromatic rings. The van der Waals surface area contributed by atoms with Gasteiger partial charge >= 0.3 is 0 Å². The Kier molecular flexibility index (Phi) is 5.19. The van der Waals surface area contributed by atoms with E-state index in [0.717, 1.165) is 36.5 Å². The molecule has 4 fully saturated rings. The van der Waals surface area contributed by atoms with E-state index in [2.05, 4.69) is 84.2 Å². The smallest absolute Gasteiger partial charge is 0.00454 e. The number of fused-ring (bicyclic) bond motifs is 4. The van der Waals surface area contributed by atoms with E-state index < -0.39 is 0 Å². The predicted molar refractivity (Wildman–Crippen MR) is 157 cm³/mol. The lowest BCUT2D eigenvalue weighted by Gasteiger charge is -2.29. The van der Waals surface area contributed by atoms with Crippen molar-refractivity contribution < 1.29 is 0 Å².